The van der Waals surface area contributed by atoms with Gasteiger partial charge in [0.2, 0.25) is 0 Å². The van der Waals surface area contributed by atoms with Gasteiger partial charge in [-0.05, 0) is 43.5 Å². The summed E-state index contributed by atoms with van der Waals surface area (Å²) in [6.45, 7) is 6.85. The molecule has 2 N–H and O–H groups in total. The SMILES string of the molecule is CCc1c(CN)oc2cc(C)c(C)cc12. The van der Waals surface area contributed by atoms with Gasteiger partial charge in [0, 0.05) is 10.9 Å². The smallest absolute Gasteiger partial charge is 0.134 e. The number of hydrogen-bond acceptors (Lipinski definition) is 2. The molecule has 1 heterocycles. The van der Waals surface area contributed by atoms with E-state index in [1.807, 2.05) is 0 Å². The number of rotatable bonds is 2. The zero-order valence-corrected chi connectivity index (χ0v) is 9.55. The molecule has 0 unspecified atom stereocenters. The summed E-state index contributed by atoms with van der Waals surface area (Å²) in [7, 11) is 0. The third-order valence-corrected chi connectivity index (χ3v) is 3.03. The van der Waals surface area contributed by atoms with E-state index in [1.165, 1.54) is 22.1 Å². The van der Waals surface area contributed by atoms with Crippen molar-refractivity contribution in [2.24, 2.45) is 5.73 Å². The second kappa shape index (κ2) is 3.70. The van der Waals surface area contributed by atoms with Gasteiger partial charge in [0.1, 0.15) is 11.3 Å². The Morgan fingerprint density at radius 2 is 1.87 bits per heavy atom. The highest BCUT2D eigenvalue weighted by atomic mass is 16.3. The minimum Gasteiger partial charge on any atom is -0.459 e. The molecule has 2 rings (SSSR count). The molecule has 2 heteroatoms. The van der Waals surface area contributed by atoms with Crippen LogP contribution < -0.4 is 5.73 Å². The van der Waals surface area contributed by atoms with E-state index in [2.05, 4.69) is 32.9 Å². The third kappa shape index (κ3) is 1.55. The standard InChI is InChI=1S/C13H17NO/c1-4-10-11-5-8(2)9(3)6-12(11)15-13(10)7-14/h5-6H,4,7,14H2,1-3H3. The number of hydrogen-bond donors (Lipinski definition) is 1. The first-order valence-electron chi connectivity index (χ1n) is 5.39. The fraction of sp³-hybridized carbons (Fsp3) is 0.385. The Balaban J connectivity index is 2.77. The normalized spacial score (nSPS) is 11.2. The largest absolute Gasteiger partial charge is 0.459 e. The molecule has 0 atom stereocenters. The fourth-order valence-electron chi connectivity index (χ4n) is 2.01. The summed E-state index contributed by atoms with van der Waals surface area (Å²) >= 11 is 0. The summed E-state index contributed by atoms with van der Waals surface area (Å²) < 4.78 is 5.75. The Morgan fingerprint density at radius 3 is 2.47 bits per heavy atom. The molecule has 0 aliphatic heterocycles. The van der Waals surface area contributed by atoms with Gasteiger partial charge in [-0.1, -0.05) is 6.92 Å². The maximum Gasteiger partial charge on any atom is 0.134 e. The first-order valence-corrected chi connectivity index (χ1v) is 5.39. The van der Waals surface area contributed by atoms with E-state index in [9.17, 15) is 0 Å². The molecule has 0 fully saturated rings. The Labute approximate surface area is 90.1 Å². The molecule has 15 heavy (non-hydrogen) atoms. The molecule has 1 aromatic carbocycles. The van der Waals surface area contributed by atoms with Gasteiger partial charge in [0.25, 0.3) is 0 Å². The van der Waals surface area contributed by atoms with Crippen molar-refractivity contribution in [2.45, 2.75) is 33.7 Å². The molecule has 0 saturated carbocycles. The summed E-state index contributed by atoms with van der Waals surface area (Å²) in [4.78, 5) is 0. The van der Waals surface area contributed by atoms with Crippen molar-refractivity contribution >= 4 is 11.0 Å². The fourth-order valence-corrected chi connectivity index (χ4v) is 2.01. The van der Waals surface area contributed by atoms with Gasteiger partial charge in [-0.25, -0.2) is 0 Å². The Bertz CT molecular complexity index is 497. The Kier molecular flexibility index (Phi) is 2.53. The monoisotopic (exact) mass is 203 g/mol. The summed E-state index contributed by atoms with van der Waals surface area (Å²) in [5.74, 6) is 0.928. The molecule has 0 bridgehead atoms. The van der Waals surface area contributed by atoms with Crippen LogP contribution in [0.25, 0.3) is 11.0 Å². The average molecular weight is 203 g/mol. The van der Waals surface area contributed by atoms with E-state index >= 15 is 0 Å². The van der Waals surface area contributed by atoms with Crippen LogP contribution in [0.4, 0.5) is 0 Å². The lowest BCUT2D eigenvalue weighted by molar-refractivity contribution is 0.546. The summed E-state index contributed by atoms with van der Waals surface area (Å²) in [6.07, 6.45) is 0.974. The maximum absolute atomic E-state index is 5.75. The van der Waals surface area contributed by atoms with E-state index in [0.717, 1.165) is 17.8 Å². The van der Waals surface area contributed by atoms with Gasteiger partial charge in [0.15, 0.2) is 0 Å². The molecule has 80 valence electrons. The minimum absolute atomic E-state index is 0.482. The predicted octanol–water partition coefficient (Wildman–Crippen LogP) is 3.07. The van der Waals surface area contributed by atoms with Crippen LogP contribution in [0.5, 0.6) is 0 Å². The number of aryl methyl sites for hydroxylation is 3. The van der Waals surface area contributed by atoms with Crippen LogP contribution in [0.1, 0.15) is 29.4 Å². The first kappa shape index (κ1) is 10.2. The van der Waals surface area contributed by atoms with Crippen molar-refractivity contribution in [3.63, 3.8) is 0 Å². The molecule has 2 nitrogen and oxygen atoms in total. The van der Waals surface area contributed by atoms with E-state index < -0.39 is 0 Å². The van der Waals surface area contributed by atoms with Crippen LogP contribution in [0, 0.1) is 13.8 Å². The van der Waals surface area contributed by atoms with Crippen molar-refractivity contribution in [1.29, 1.82) is 0 Å². The molecular formula is C13H17NO. The van der Waals surface area contributed by atoms with Crippen molar-refractivity contribution in [3.8, 4) is 0 Å². The van der Waals surface area contributed by atoms with Crippen molar-refractivity contribution in [1.82, 2.24) is 0 Å². The maximum atomic E-state index is 5.75. The van der Waals surface area contributed by atoms with Crippen molar-refractivity contribution in [3.05, 3.63) is 34.6 Å². The lowest BCUT2D eigenvalue weighted by Gasteiger charge is -1.99. The first-order chi connectivity index (χ1) is 7.17. The van der Waals surface area contributed by atoms with E-state index in [0.29, 0.717) is 6.54 Å². The molecule has 0 amide bonds. The highest BCUT2D eigenvalue weighted by molar-refractivity contribution is 5.83. The van der Waals surface area contributed by atoms with E-state index in [1.54, 1.807) is 0 Å². The molecule has 0 aliphatic carbocycles. The van der Waals surface area contributed by atoms with Crippen molar-refractivity contribution in [2.75, 3.05) is 0 Å². The van der Waals surface area contributed by atoms with Crippen molar-refractivity contribution < 1.29 is 4.42 Å². The molecule has 2 aromatic rings. The van der Waals surface area contributed by atoms with Gasteiger partial charge in [-0.15, -0.1) is 0 Å². The number of furan rings is 1. The van der Waals surface area contributed by atoms with Crippen LogP contribution >= 0.6 is 0 Å². The van der Waals surface area contributed by atoms with E-state index in [4.69, 9.17) is 10.2 Å². The third-order valence-electron chi connectivity index (χ3n) is 3.03. The highest BCUT2D eigenvalue weighted by Crippen LogP contribution is 2.28. The zero-order chi connectivity index (χ0) is 11.0. The molecular weight excluding hydrogens is 186 g/mol. The summed E-state index contributed by atoms with van der Waals surface area (Å²) in [6, 6.07) is 4.30. The zero-order valence-electron chi connectivity index (χ0n) is 9.55. The lowest BCUT2D eigenvalue weighted by Crippen LogP contribution is -1.97. The summed E-state index contributed by atoms with van der Waals surface area (Å²) in [5, 5.41) is 1.22. The van der Waals surface area contributed by atoms with Crippen LogP contribution in [0.15, 0.2) is 16.5 Å². The molecule has 0 spiro atoms. The van der Waals surface area contributed by atoms with E-state index in [-0.39, 0.29) is 0 Å². The Hall–Kier alpha value is -1.28. The summed E-state index contributed by atoms with van der Waals surface area (Å²) in [5.41, 5.74) is 10.5. The number of fused-ring (bicyclic) bond motifs is 1. The van der Waals surface area contributed by atoms with Crippen LogP contribution in [-0.2, 0) is 13.0 Å². The lowest BCUT2D eigenvalue weighted by atomic mass is 10.0. The molecule has 0 radical (unpaired) electrons. The minimum atomic E-state index is 0.482. The molecule has 1 aromatic heterocycles. The Morgan fingerprint density at radius 1 is 1.20 bits per heavy atom. The molecule has 0 saturated heterocycles. The highest BCUT2D eigenvalue weighted by Gasteiger charge is 2.12. The molecule has 0 aliphatic rings. The van der Waals surface area contributed by atoms with Gasteiger partial charge in [-0.2, -0.15) is 0 Å². The quantitative estimate of drug-likeness (QED) is 0.814. The second-order valence-electron chi connectivity index (χ2n) is 3.99. The van der Waals surface area contributed by atoms with Gasteiger partial charge >= 0.3 is 0 Å². The second-order valence-corrected chi connectivity index (χ2v) is 3.99. The number of benzene rings is 1. The average Bonchev–Trinajstić information content (AvgIpc) is 2.56. The van der Waals surface area contributed by atoms with Crippen LogP contribution in [0.3, 0.4) is 0 Å². The van der Waals surface area contributed by atoms with Gasteiger partial charge < -0.3 is 10.2 Å². The number of nitrogens with two attached hydrogens (primary N) is 1. The predicted molar refractivity (Wildman–Crippen MR) is 63.0 cm³/mol. The topological polar surface area (TPSA) is 39.2 Å². The van der Waals surface area contributed by atoms with Gasteiger partial charge in [-0.3, -0.25) is 0 Å². The van der Waals surface area contributed by atoms with Gasteiger partial charge in [0.05, 0.1) is 6.54 Å². The van der Waals surface area contributed by atoms with Crippen LogP contribution in [0.2, 0.25) is 0 Å². The van der Waals surface area contributed by atoms with Crippen LogP contribution in [-0.4, -0.2) is 0 Å².